The van der Waals surface area contributed by atoms with Crippen molar-refractivity contribution in [3.8, 4) is 5.75 Å². The van der Waals surface area contributed by atoms with Gasteiger partial charge in [0.2, 0.25) is 29.5 Å². The molecule has 8 rings (SSSR count). The first-order chi connectivity index (χ1) is 37.9. The van der Waals surface area contributed by atoms with Crippen molar-refractivity contribution in [2.45, 2.75) is 167 Å². The van der Waals surface area contributed by atoms with Gasteiger partial charge in [0.05, 0.1) is 30.2 Å². The van der Waals surface area contributed by atoms with E-state index in [4.69, 9.17) is 4.74 Å². The average molecular weight is 1080 g/mol. The second-order valence-corrected chi connectivity index (χ2v) is 23.3. The van der Waals surface area contributed by atoms with Gasteiger partial charge < -0.3 is 46.9 Å². The van der Waals surface area contributed by atoms with E-state index >= 15 is 0 Å². The highest BCUT2D eigenvalue weighted by Gasteiger charge is 2.46. The Labute approximate surface area is 466 Å². The molecule has 0 aromatic heterocycles. The molecular formula is C63H82N8O8. The summed E-state index contributed by atoms with van der Waals surface area (Å²) in [5, 5.41) is 21.5. The molecule has 4 aromatic rings. The van der Waals surface area contributed by atoms with E-state index in [1.807, 2.05) is 87.5 Å². The summed E-state index contributed by atoms with van der Waals surface area (Å²) in [6, 6.07) is 26.2. The number of amides is 6. The molecule has 10 atom stereocenters. The van der Waals surface area contributed by atoms with Gasteiger partial charge in [-0.3, -0.25) is 33.6 Å². The van der Waals surface area contributed by atoms with Crippen molar-refractivity contribution in [3.63, 3.8) is 0 Å². The number of ether oxygens (including phenoxy) is 1. The minimum atomic E-state index is -0.939. The molecule has 0 bridgehead atoms. The smallest absolute Gasteiger partial charge is 0.251 e. The van der Waals surface area contributed by atoms with Crippen LogP contribution in [0.15, 0.2) is 97.1 Å². The highest BCUT2D eigenvalue weighted by molar-refractivity contribution is 5.97. The van der Waals surface area contributed by atoms with Gasteiger partial charge in [0, 0.05) is 30.0 Å². The van der Waals surface area contributed by atoms with Crippen molar-refractivity contribution in [3.05, 3.63) is 136 Å². The molecule has 0 radical (unpaired) electrons. The van der Waals surface area contributed by atoms with E-state index in [0.717, 1.165) is 73.6 Å². The lowest BCUT2D eigenvalue weighted by Gasteiger charge is -2.36. The molecule has 7 N–H and O–H groups in total. The molecule has 1 saturated carbocycles. The lowest BCUT2D eigenvalue weighted by atomic mass is 9.74. The van der Waals surface area contributed by atoms with E-state index in [-0.39, 0.29) is 73.4 Å². The van der Waals surface area contributed by atoms with Crippen LogP contribution in [0.2, 0.25) is 0 Å². The molecule has 3 aliphatic carbocycles. The van der Waals surface area contributed by atoms with E-state index in [9.17, 15) is 33.6 Å². The zero-order valence-electron chi connectivity index (χ0n) is 47.1. The summed E-state index contributed by atoms with van der Waals surface area (Å²) in [4.78, 5) is 99.5. The lowest BCUT2D eigenvalue weighted by molar-refractivity contribution is -0.144. The second-order valence-electron chi connectivity index (χ2n) is 23.3. The third-order valence-corrected chi connectivity index (χ3v) is 16.8. The molecular weight excluding hydrogens is 997 g/mol. The first kappa shape index (κ1) is 58.2. The zero-order valence-corrected chi connectivity index (χ0v) is 47.1. The zero-order chi connectivity index (χ0) is 56.4. The van der Waals surface area contributed by atoms with Crippen LogP contribution in [0.1, 0.15) is 148 Å². The highest BCUT2D eigenvalue weighted by Crippen LogP contribution is 2.36. The fraction of sp³-hybridized carbons (Fsp3) is 0.508. The van der Waals surface area contributed by atoms with Crippen LogP contribution in [0.25, 0.3) is 0 Å². The number of aryl methyl sites for hydroxylation is 2. The number of hydrogen-bond donors (Lipinski definition) is 7. The molecule has 16 heteroatoms. The van der Waals surface area contributed by atoms with E-state index < -0.39 is 59.4 Å². The maximum absolute atomic E-state index is 14.6. The predicted molar refractivity (Wildman–Crippen MR) is 304 cm³/mol. The first-order valence-electron chi connectivity index (χ1n) is 28.6. The van der Waals surface area contributed by atoms with Gasteiger partial charge in [0.1, 0.15) is 24.4 Å². The van der Waals surface area contributed by atoms with Gasteiger partial charge in [0.25, 0.3) is 5.91 Å². The minimum Gasteiger partial charge on any atom is -0.489 e. The van der Waals surface area contributed by atoms with E-state index in [0.29, 0.717) is 24.2 Å². The Hall–Kier alpha value is -6.91. The summed E-state index contributed by atoms with van der Waals surface area (Å²) >= 11 is 0. The molecule has 16 nitrogen and oxygen atoms in total. The normalized spacial score (nSPS) is 22.3. The van der Waals surface area contributed by atoms with E-state index in [1.54, 1.807) is 40.1 Å². The van der Waals surface area contributed by atoms with Crippen molar-refractivity contribution in [2.24, 2.45) is 17.3 Å². The molecule has 79 heavy (non-hydrogen) atoms. The SMILES string of the molecule is CNC(C)C(=O)NC(Cc1ccc(OCc2ccc(C(=O)N[C@H]3C[C@@H](C(=O)N[C@@H]4CCCc5ccccc54)N(C(=O)C(NC(=O)C(C)NC)C(C)(C)C)C3)cc2)cc1)C(=O)[C@H]1CCCC[C@@H]1C(=O)N[C@@H]1CCCc2ccccc21. The quantitative estimate of drug-likeness (QED) is 0.0510. The largest absolute Gasteiger partial charge is 0.489 e. The monoisotopic (exact) mass is 1080 g/mol. The minimum absolute atomic E-state index is 0.0794. The molecule has 4 unspecified atom stereocenters. The molecule has 4 aliphatic rings. The van der Waals surface area contributed by atoms with Crippen LogP contribution in [0.3, 0.4) is 0 Å². The van der Waals surface area contributed by atoms with Gasteiger partial charge >= 0.3 is 0 Å². The van der Waals surface area contributed by atoms with E-state index in [2.05, 4.69) is 55.4 Å². The number of nitrogens with zero attached hydrogens (tertiary/aromatic N) is 1. The summed E-state index contributed by atoms with van der Waals surface area (Å²) in [7, 11) is 3.37. The number of carbonyl (C=O) groups excluding carboxylic acids is 7. The molecule has 1 saturated heterocycles. The fourth-order valence-electron chi connectivity index (χ4n) is 11.8. The Bertz CT molecular complexity index is 2810. The number of rotatable bonds is 20. The summed E-state index contributed by atoms with van der Waals surface area (Å²) in [5.74, 6) is -2.31. The molecule has 4 aromatic carbocycles. The molecule has 1 aliphatic heterocycles. The van der Waals surface area contributed by atoms with Crippen molar-refractivity contribution < 1.29 is 38.3 Å². The third-order valence-electron chi connectivity index (χ3n) is 16.8. The number of likely N-dealkylation sites (N-methyl/N-ethyl adjacent to an activating group) is 2. The number of likely N-dealkylation sites (tertiary alicyclic amines) is 1. The fourth-order valence-corrected chi connectivity index (χ4v) is 11.8. The van der Waals surface area contributed by atoms with Crippen molar-refractivity contribution in [1.82, 2.24) is 42.1 Å². The molecule has 2 fully saturated rings. The second kappa shape index (κ2) is 26.4. The number of carbonyl (C=O) groups is 7. The van der Waals surface area contributed by atoms with Crippen LogP contribution in [0.5, 0.6) is 5.75 Å². The number of fused-ring (bicyclic) bond motifs is 2. The number of benzene rings is 4. The molecule has 0 spiro atoms. The van der Waals surface area contributed by atoms with Gasteiger partial charge in [-0.2, -0.15) is 0 Å². The van der Waals surface area contributed by atoms with Gasteiger partial charge in [0.15, 0.2) is 5.78 Å². The average Bonchev–Trinajstić information content (AvgIpc) is 4.06. The van der Waals surface area contributed by atoms with Crippen molar-refractivity contribution in [1.29, 1.82) is 0 Å². The lowest BCUT2D eigenvalue weighted by Crippen LogP contribution is -2.59. The van der Waals surface area contributed by atoms with Crippen molar-refractivity contribution >= 4 is 41.2 Å². The molecule has 1 heterocycles. The van der Waals surface area contributed by atoms with Gasteiger partial charge in [-0.25, -0.2) is 0 Å². The summed E-state index contributed by atoms with van der Waals surface area (Å²) < 4.78 is 6.17. The number of Topliss-reactive ketones (excluding diaryl/α,β-unsaturated/α-hetero) is 1. The standard InChI is InChI=1S/C63H82N8O8/c1-38(64-6)57(73)69-53(55(72)49-22-12-13-23-50(49)60(76)67-51-24-14-18-42-16-8-10-20-47(42)51)34-40-28-32-46(33-29-40)79-37-41-26-30-44(31-27-41)59(75)66-45-35-54(61(77)68-52-25-15-19-43-17-9-11-21-48(43)52)71(36-45)62(78)56(63(3,4)5)70-58(74)39(2)65-7/h8-11,16-17,20-21,26-33,38-39,45,49-54,56,64-65H,12-15,18-19,22-25,34-37H2,1-7H3,(H,66,75)(H,67,76)(H,68,77)(H,69,73)(H,70,74)/t38?,39?,45-,49-,50-,51+,52+,53?,54-,56?/m0/s1. The van der Waals surface area contributed by atoms with Crippen LogP contribution in [0.4, 0.5) is 0 Å². The molecule has 6 amide bonds. The van der Waals surface area contributed by atoms with E-state index in [1.165, 1.54) is 16.0 Å². The van der Waals surface area contributed by atoms with Crippen LogP contribution in [0, 0.1) is 17.3 Å². The Balaban J connectivity index is 0.892. The van der Waals surface area contributed by atoms with Crippen molar-refractivity contribution in [2.75, 3.05) is 20.6 Å². The summed E-state index contributed by atoms with van der Waals surface area (Å²) in [5.41, 5.74) is 6.01. The summed E-state index contributed by atoms with van der Waals surface area (Å²) in [6.07, 6.45) is 8.79. The maximum Gasteiger partial charge on any atom is 0.251 e. The van der Waals surface area contributed by atoms with Gasteiger partial charge in [-0.05, 0) is 155 Å². The van der Waals surface area contributed by atoms with Gasteiger partial charge in [-0.1, -0.05) is 106 Å². The van der Waals surface area contributed by atoms with Crippen LogP contribution < -0.4 is 42.0 Å². The topological polar surface area (TPSA) is 216 Å². The Morgan fingerprint density at radius 2 is 1.16 bits per heavy atom. The maximum atomic E-state index is 14.6. The number of nitrogens with one attached hydrogen (secondary N) is 7. The number of hydrogen-bond acceptors (Lipinski definition) is 10. The third kappa shape index (κ3) is 14.5. The Kier molecular flexibility index (Phi) is 19.4. The Morgan fingerprint density at radius 3 is 1.75 bits per heavy atom. The predicted octanol–water partition coefficient (Wildman–Crippen LogP) is 6.50. The Morgan fingerprint density at radius 1 is 0.620 bits per heavy atom. The van der Waals surface area contributed by atoms with Crippen LogP contribution in [-0.4, -0.2) is 103 Å². The summed E-state index contributed by atoms with van der Waals surface area (Å²) in [6.45, 7) is 9.37. The molecule has 422 valence electrons. The first-order valence-corrected chi connectivity index (χ1v) is 28.6. The van der Waals surface area contributed by atoms with Crippen LogP contribution in [-0.2, 0) is 54.6 Å². The van der Waals surface area contributed by atoms with Crippen LogP contribution >= 0.6 is 0 Å². The number of ketones is 1. The highest BCUT2D eigenvalue weighted by atomic mass is 16.5. The van der Waals surface area contributed by atoms with Gasteiger partial charge in [-0.15, -0.1) is 0 Å².